The molecule has 1 aromatic rings. The van der Waals surface area contributed by atoms with Crippen molar-refractivity contribution in [3.05, 3.63) is 34.3 Å². The Morgan fingerprint density at radius 3 is 2.82 bits per heavy atom. The third-order valence-electron chi connectivity index (χ3n) is 1.15. The van der Waals surface area contributed by atoms with Crippen molar-refractivity contribution in [2.75, 3.05) is 0 Å². The van der Waals surface area contributed by atoms with Gasteiger partial charge in [0.25, 0.3) is 5.91 Å². The molecule has 0 spiro atoms. The van der Waals surface area contributed by atoms with E-state index in [1.54, 1.807) is 18.2 Å². The molecule has 0 radical (unpaired) electrons. The summed E-state index contributed by atoms with van der Waals surface area (Å²) in [5.74, 6) is -0.374. The predicted octanol–water partition coefficient (Wildman–Crippen LogP) is 2.32. The van der Waals surface area contributed by atoms with Crippen LogP contribution in [0.1, 0.15) is 10.4 Å². The monoisotopic (exact) mass is 229 g/mol. The lowest BCUT2D eigenvalue weighted by Gasteiger charge is -1.92. The van der Waals surface area contributed by atoms with Gasteiger partial charge in [0.1, 0.15) is 0 Å². The van der Waals surface area contributed by atoms with Gasteiger partial charge in [-0.2, -0.15) is 0 Å². The third-order valence-corrected chi connectivity index (χ3v) is 1.81. The zero-order valence-corrected chi connectivity index (χ0v) is 7.85. The summed E-state index contributed by atoms with van der Waals surface area (Å²) in [4.78, 5) is 10.9. The lowest BCUT2D eigenvalue weighted by Crippen LogP contribution is -1.91. The number of hydrogen-bond acceptors (Lipinski definition) is 2. The van der Waals surface area contributed by atoms with E-state index in [1.165, 1.54) is 0 Å². The fraction of sp³-hybridized carbons (Fsp3) is 0. The second-order valence-electron chi connectivity index (χ2n) is 1.91. The molecule has 2 nitrogen and oxygen atoms in total. The molecule has 56 valence electrons. The van der Waals surface area contributed by atoms with Crippen LogP contribution in [-0.2, 0) is 12.4 Å². The summed E-state index contributed by atoms with van der Waals surface area (Å²) in [6.07, 6.45) is 0. The van der Waals surface area contributed by atoms with Crippen LogP contribution in [0.4, 0.5) is 0 Å². The van der Waals surface area contributed by atoms with E-state index < -0.39 is 0 Å². The first-order valence-electron chi connectivity index (χ1n) is 2.87. The summed E-state index contributed by atoms with van der Waals surface area (Å²) < 4.78 is 3.97. The maximum absolute atomic E-state index is 10.9. The van der Waals surface area contributed by atoms with Crippen molar-refractivity contribution in [3.8, 4) is 0 Å². The Labute approximate surface area is 77.9 Å². The van der Waals surface area contributed by atoms with Gasteiger partial charge in [0.2, 0.25) is 0 Å². The first-order chi connectivity index (χ1) is 5.24. The minimum Gasteiger partial charge on any atom is -0.266 e. The molecule has 11 heavy (non-hydrogen) atoms. The van der Waals surface area contributed by atoms with Gasteiger partial charge in [-0.05, 0) is 18.2 Å². The van der Waals surface area contributed by atoms with Crippen molar-refractivity contribution in [1.29, 1.82) is 0 Å². The Hall–Kier alpha value is -0.610. The summed E-state index contributed by atoms with van der Waals surface area (Å²) in [6, 6.07) is 6.94. The smallest absolute Gasteiger partial charge is 0.266 e. The number of amides is 1. The van der Waals surface area contributed by atoms with Crippen LogP contribution >= 0.6 is 15.9 Å². The van der Waals surface area contributed by atoms with E-state index in [9.17, 15) is 4.79 Å². The molecule has 0 saturated heterocycles. The molecule has 0 aromatic heterocycles. The average Bonchev–Trinajstić information content (AvgIpc) is 2.03. The van der Waals surface area contributed by atoms with Crippen molar-refractivity contribution in [1.82, 2.24) is 0 Å². The number of nitrogens with zero attached hydrogens (tertiary/aromatic N) is 1. The van der Waals surface area contributed by atoms with Crippen LogP contribution in [0.5, 0.6) is 0 Å². The van der Waals surface area contributed by atoms with Crippen LogP contribution in [0.3, 0.4) is 0 Å². The first-order valence-corrected chi connectivity index (χ1v) is 4.03. The summed E-state index contributed by atoms with van der Waals surface area (Å²) >= 11 is 7.49. The van der Waals surface area contributed by atoms with E-state index in [2.05, 4.69) is 32.7 Å². The van der Waals surface area contributed by atoms with Crippen molar-refractivity contribution >= 4 is 34.3 Å². The summed E-state index contributed by atoms with van der Waals surface area (Å²) in [5, 5.41) is 0. The molecule has 0 aliphatic heterocycles. The van der Waals surface area contributed by atoms with Gasteiger partial charge < -0.3 is 0 Å². The predicted molar refractivity (Wildman–Crippen MR) is 48.3 cm³/mol. The van der Waals surface area contributed by atoms with Crippen LogP contribution < -0.4 is 0 Å². The largest absolute Gasteiger partial charge is 0.288 e. The number of benzene rings is 1. The van der Waals surface area contributed by atoms with E-state index in [0.717, 1.165) is 4.47 Å². The number of rotatable bonds is 1. The van der Waals surface area contributed by atoms with E-state index in [1.807, 2.05) is 6.07 Å². The second kappa shape index (κ2) is 3.69. The van der Waals surface area contributed by atoms with Crippen LogP contribution in [0, 0.1) is 0 Å². The number of carbonyl (C=O) groups is 1. The highest BCUT2D eigenvalue weighted by atomic mass is 79.9. The van der Waals surface area contributed by atoms with Gasteiger partial charge >= 0.3 is 0 Å². The molecule has 0 bridgehead atoms. The van der Waals surface area contributed by atoms with E-state index in [4.69, 9.17) is 0 Å². The summed E-state index contributed by atoms with van der Waals surface area (Å²) in [7, 11) is 0. The topological polar surface area (TPSA) is 29.4 Å². The molecule has 4 heteroatoms. The first kappa shape index (κ1) is 8.49. The molecule has 0 N–H and O–H groups in total. The molecule has 1 aromatic carbocycles. The molecule has 1 rings (SSSR count). The molecular weight excluding hydrogens is 226 g/mol. The SMILES string of the molecule is O=C(N=S)c1cccc(Br)c1. The maximum atomic E-state index is 10.9. The quantitative estimate of drug-likeness (QED) is 0.740. The van der Waals surface area contributed by atoms with E-state index in [-0.39, 0.29) is 5.91 Å². The average molecular weight is 230 g/mol. The van der Waals surface area contributed by atoms with Crippen LogP contribution in [0.2, 0.25) is 0 Å². The number of carbonyl (C=O) groups excluding carboxylic acids is 1. The second-order valence-corrected chi connectivity index (χ2v) is 3.01. The molecule has 0 atom stereocenters. The normalized spacial score (nSPS) is 9.18. The van der Waals surface area contributed by atoms with E-state index >= 15 is 0 Å². The number of hydrogen-bond donors (Lipinski definition) is 0. The lowest BCUT2D eigenvalue weighted by atomic mass is 10.2. The Bertz CT molecular complexity index is 300. The standard InChI is InChI=1S/C7H4BrNOS/c8-6-3-1-2-5(4-6)7(10)9-11/h1-4H. The molecule has 0 aliphatic carbocycles. The van der Waals surface area contributed by atoms with Crippen LogP contribution in [-0.4, -0.2) is 5.91 Å². The van der Waals surface area contributed by atoms with Crippen LogP contribution in [0.25, 0.3) is 0 Å². The molecule has 0 unspecified atom stereocenters. The third kappa shape index (κ3) is 2.17. The lowest BCUT2D eigenvalue weighted by molar-refractivity contribution is 0.101. The Kier molecular flexibility index (Phi) is 2.84. The van der Waals surface area contributed by atoms with Gasteiger partial charge in [0.05, 0.1) is 0 Å². The van der Waals surface area contributed by atoms with Gasteiger partial charge in [0, 0.05) is 22.5 Å². The van der Waals surface area contributed by atoms with Gasteiger partial charge in [0.15, 0.2) is 0 Å². The minimum atomic E-state index is -0.374. The van der Waals surface area contributed by atoms with Crippen molar-refractivity contribution in [3.63, 3.8) is 0 Å². The fourth-order valence-corrected chi connectivity index (χ4v) is 1.18. The Morgan fingerprint density at radius 2 is 2.27 bits per heavy atom. The highest BCUT2D eigenvalue weighted by molar-refractivity contribution is 9.10. The Balaban J connectivity index is 3.05. The summed E-state index contributed by atoms with van der Waals surface area (Å²) in [6.45, 7) is 0. The van der Waals surface area contributed by atoms with Gasteiger partial charge in [-0.15, -0.1) is 4.36 Å². The molecule has 1 amide bonds. The number of halogens is 1. The minimum absolute atomic E-state index is 0.374. The summed E-state index contributed by atoms with van der Waals surface area (Å²) in [5.41, 5.74) is 0.509. The Morgan fingerprint density at radius 1 is 1.55 bits per heavy atom. The highest BCUT2D eigenvalue weighted by Gasteiger charge is 2.01. The maximum Gasteiger partial charge on any atom is 0.288 e. The molecular formula is C7H4BrNOS. The van der Waals surface area contributed by atoms with Gasteiger partial charge in [-0.25, -0.2) is 0 Å². The van der Waals surface area contributed by atoms with Gasteiger partial charge in [-0.3, -0.25) is 4.79 Å². The zero-order chi connectivity index (χ0) is 8.27. The van der Waals surface area contributed by atoms with Crippen molar-refractivity contribution in [2.45, 2.75) is 0 Å². The molecule has 0 heterocycles. The molecule has 0 aliphatic rings. The van der Waals surface area contributed by atoms with Crippen molar-refractivity contribution in [2.24, 2.45) is 4.36 Å². The highest BCUT2D eigenvalue weighted by Crippen LogP contribution is 2.11. The van der Waals surface area contributed by atoms with E-state index in [0.29, 0.717) is 5.56 Å². The zero-order valence-electron chi connectivity index (χ0n) is 5.45. The van der Waals surface area contributed by atoms with Gasteiger partial charge in [-0.1, -0.05) is 22.0 Å². The molecule has 0 saturated carbocycles. The fourth-order valence-electron chi connectivity index (χ4n) is 0.674. The van der Waals surface area contributed by atoms with Crippen LogP contribution in [0.15, 0.2) is 33.1 Å². The molecule has 0 fully saturated rings. The van der Waals surface area contributed by atoms with Crippen molar-refractivity contribution < 1.29 is 4.79 Å².